The molecule has 0 bridgehead atoms. The summed E-state index contributed by atoms with van der Waals surface area (Å²) in [5.41, 5.74) is 4.08. The number of hydrogen-bond donors (Lipinski definition) is 2. The van der Waals surface area contributed by atoms with Crippen LogP contribution < -0.4 is 4.90 Å². The molecule has 26 heavy (non-hydrogen) atoms. The Labute approximate surface area is 151 Å². The Morgan fingerprint density at radius 2 is 2.00 bits per heavy atom. The van der Waals surface area contributed by atoms with Crippen molar-refractivity contribution in [3.05, 3.63) is 53.5 Å². The maximum atomic E-state index is 10.8. The zero-order valence-electron chi connectivity index (χ0n) is 14.8. The second kappa shape index (κ2) is 6.78. The molecular weight excluding hydrogens is 328 g/mol. The van der Waals surface area contributed by atoms with E-state index < -0.39 is 5.97 Å². The number of carboxylic acid groups (broad SMARTS) is 1. The number of carboxylic acids is 1. The van der Waals surface area contributed by atoms with Crippen LogP contribution in [0.25, 0.3) is 11.0 Å². The van der Waals surface area contributed by atoms with Crippen LogP contribution in [-0.2, 0) is 17.6 Å². The minimum Gasteiger partial charge on any atom is -0.481 e. The lowest BCUT2D eigenvalue weighted by Gasteiger charge is -2.18. The van der Waals surface area contributed by atoms with Crippen LogP contribution >= 0.6 is 0 Å². The summed E-state index contributed by atoms with van der Waals surface area (Å²) in [6, 6.07) is 9.94. The Morgan fingerprint density at radius 1 is 1.23 bits per heavy atom. The van der Waals surface area contributed by atoms with Crippen molar-refractivity contribution in [3.8, 4) is 0 Å². The summed E-state index contributed by atoms with van der Waals surface area (Å²) in [6.45, 7) is 3.90. The van der Waals surface area contributed by atoms with E-state index in [1.807, 2.05) is 31.3 Å². The second-order valence-corrected chi connectivity index (χ2v) is 7.02. The number of aromatic amines is 1. The van der Waals surface area contributed by atoms with Crippen molar-refractivity contribution < 1.29 is 9.90 Å². The van der Waals surface area contributed by atoms with Gasteiger partial charge >= 0.3 is 5.97 Å². The van der Waals surface area contributed by atoms with Crippen molar-refractivity contribution >= 4 is 22.8 Å². The number of anilines is 1. The van der Waals surface area contributed by atoms with Crippen LogP contribution in [0.1, 0.15) is 23.4 Å². The maximum absolute atomic E-state index is 10.8. The zero-order chi connectivity index (χ0) is 18.1. The molecule has 3 heterocycles. The minimum atomic E-state index is -0.792. The molecular formula is C20H22N4O2. The van der Waals surface area contributed by atoms with Crippen molar-refractivity contribution in [2.45, 2.75) is 26.2 Å². The summed E-state index contributed by atoms with van der Waals surface area (Å²) >= 11 is 0. The number of aliphatic carboxylic acids is 1. The van der Waals surface area contributed by atoms with Crippen LogP contribution in [-0.4, -0.2) is 39.1 Å². The molecule has 2 N–H and O–H groups in total. The Morgan fingerprint density at radius 3 is 2.77 bits per heavy atom. The van der Waals surface area contributed by atoms with E-state index in [4.69, 9.17) is 5.11 Å². The number of rotatable bonds is 5. The van der Waals surface area contributed by atoms with Crippen molar-refractivity contribution in [1.29, 1.82) is 0 Å². The Balaban J connectivity index is 1.45. The normalized spacial score (nSPS) is 17.1. The van der Waals surface area contributed by atoms with Gasteiger partial charge in [-0.05, 0) is 42.9 Å². The second-order valence-electron chi connectivity index (χ2n) is 7.02. The largest absolute Gasteiger partial charge is 0.481 e. The Bertz CT molecular complexity index is 933. The molecule has 6 nitrogen and oxygen atoms in total. The van der Waals surface area contributed by atoms with Gasteiger partial charge in [0.25, 0.3) is 0 Å². The third kappa shape index (κ3) is 3.40. The van der Waals surface area contributed by atoms with Gasteiger partial charge in [0.2, 0.25) is 0 Å². The first-order valence-corrected chi connectivity index (χ1v) is 8.95. The summed E-state index contributed by atoms with van der Waals surface area (Å²) in [6.07, 6.45) is 4.12. The summed E-state index contributed by atoms with van der Waals surface area (Å²) in [5, 5.41) is 8.86. The number of aryl methyl sites for hydroxylation is 1. The molecule has 1 unspecified atom stereocenters. The molecule has 0 radical (unpaired) electrons. The molecule has 6 heteroatoms. The standard InChI is InChI=1S/C20H22N4O2/c1-13-22-17-6-8-21-19(17)20(23-13)24-9-7-16(12-24)10-14-2-4-15(5-3-14)11-18(25)26/h2-6,8,16,21H,7,9-12H2,1H3,(H,25,26). The number of carbonyl (C=O) groups is 1. The molecule has 3 aromatic rings. The third-order valence-electron chi connectivity index (χ3n) is 4.99. The smallest absolute Gasteiger partial charge is 0.307 e. The van der Waals surface area contributed by atoms with Crippen molar-refractivity contribution in [2.24, 2.45) is 5.92 Å². The lowest BCUT2D eigenvalue weighted by Crippen LogP contribution is -2.22. The number of benzene rings is 1. The zero-order valence-corrected chi connectivity index (χ0v) is 14.8. The van der Waals surface area contributed by atoms with Crippen LogP contribution in [0.4, 0.5) is 5.82 Å². The van der Waals surface area contributed by atoms with E-state index >= 15 is 0 Å². The number of H-pyrrole nitrogens is 1. The van der Waals surface area contributed by atoms with Crippen LogP contribution in [0.15, 0.2) is 36.5 Å². The van der Waals surface area contributed by atoms with Crippen LogP contribution in [0, 0.1) is 12.8 Å². The fourth-order valence-electron chi connectivity index (χ4n) is 3.76. The molecule has 1 fully saturated rings. The molecule has 4 rings (SSSR count). The molecule has 1 saturated heterocycles. The fraction of sp³-hybridized carbons (Fsp3) is 0.350. The summed E-state index contributed by atoms with van der Waals surface area (Å²) in [7, 11) is 0. The van der Waals surface area contributed by atoms with E-state index in [1.165, 1.54) is 5.56 Å². The molecule has 1 aromatic carbocycles. The highest BCUT2D eigenvalue weighted by molar-refractivity contribution is 5.86. The van der Waals surface area contributed by atoms with E-state index in [0.717, 1.165) is 54.2 Å². The van der Waals surface area contributed by atoms with Gasteiger partial charge in [0, 0.05) is 19.3 Å². The predicted octanol–water partition coefficient (Wildman–Crippen LogP) is 2.96. The maximum Gasteiger partial charge on any atom is 0.307 e. The van der Waals surface area contributed by atoms with E-state index in [-0.39, 0.29) is 6.42 Å². The van der Waals surface area contributed by atoms with Gasteiger partial charge in [-0.2, -0.15) is 0 Å². The SMILES string of the molecule is Cc1nc(N2CCC(Cc3ccc(CC(=O)O)cc3)C2)c2[nH]ccc2n1. The fourth-order valence-corrected chi connectivity index (χ4v) is 3.76. The van der Waals surface area contributed by atoms with Gasteiger partial charge in [-0.1, -0.05) is 24.3 Å². The first-order valence-electron chi connectivity index (χ1n) is 8.95. The van der Waals surface area contributed by atoms with Crippen LogP contribution in [0.3, 0.4) is 0 Å². The molecule has 0 amide bonds. The van der Waals surface area contributed by atoms with E-state index in [1.54, 1.807) is 0 Å². The first-order chi connectivity index (χ1) is 12.6. The summed E-state index contributed by atoms with van der Waals surface area (Å²) < 4.78 is 0. The number of nitrogens with zero attached hydrogens (tertiary/aromatic N) is 3. The molecule has 0 spiro atoms. The highest BCUT2D eigenvalue weighted by Gasteiger charge is 2.25. The lowest BCUT2D eigenvalue weighted by atomic mass is 9.97. The van der Waals surface area contributed by atoms with Gasteiger partial charge in [-0.25, -0.2) is 9.97 Å². The topological polar surface area (TPSA) is 82.1 Å². The van der Waals surface area contributed by atoms with E-state index in [9.17, 15) is 4.79 Å². The quantitative estimate of drug-likeness (QED) is 0.739. The molecule has 2 aromatic heterocycles. The molecule has 1 aliphatic heterocycles. The highest BCUT2D eigenvalue weighted by Crippen LogP contribution is 2.29. The number of fused-ring (bicyclic) bond motifs is 1. The van der Waals surface area contributed by atoms with Gasteiger partial charge in [-0.15, -0.1) is 0 Å². The molecule has 0 saturated carbocycles. The van der Waals surface area contributed by atoms with Gasteiger partial charge < -0.3 is 15.0 Å². The molecule has 0 aliphatic carbocycles. The number of hydrogen-bond acceptors (Lipinski definition) is 4. The molecule has 1 aliphatic rings. The number of nitrogens with one attached hydrogen (secondary N) is 1. The van der Waals surface area contributed by atoms with Gasteiger partial charge in [0.05, 0.1) is 11.9 Å². The predicted molar refractivity (Wildman–Crippen MR) is 100 cm³/mol. The first kappa shape index (κ1) is 16.6. The van der Waals surface area contributed by atoms with E-state index in [2.05, 4.69) is 32.0 Å². The van der Waals surface area contributed by atoms with E-state index in [0.29, 0.717) is 5.92 Å². The summed E-state index contributed by atoms with van der Waals surface area (Å²) in [5.74, 6) is 1.57. The van der Waals surface area contributed by atoms with Crippen molar-refractivity contribution in [2.75, 3.05) is 18.0 Å². The molecule has 134 valence electrons. The average molecular weight is 350 g/mol. The lowest BCUT2D eigenvalue weighted by molar-refractivity contribution is -0.136. The third-order valence-corrected chi connectivity index (χ3v) is 4.99. The van der Waals surface area contributed by atoms with Crippen molar-refractivity contribution in [1.82, 2.24) is 15.0 Å². The van der Waals surface area contributed by atoms with Crippen molar-refractivity contribution in [3.63, 3.8) is 0 Å². The Kier molecular flexibility index (Phi) is 4.32. The molecule has 1 atom stereocenters. The monoisotopic (exact) mass is 350 g/mol. The Hall–Kier alpha value is -2.89. The van der Waals surface area contributed by atoms with Gasteiger partial charge in [-0.3, -0.25) is 4.79 Å². The number of aromatic nitrogens is 3. The highest BCUT2D eigenvalue weighted by atomic mass is 16.4. The van der Waals surface area contributed by atoms with Gasteiger partial charge in [0.15, 0.2) is 5.82 Å². The van der Waals surface area contributed by atoms with Crippen LogP contribution in [0.2, 0.25) is 0 Å². The summed E-state index contributed by atoms with van der Waals surface area (Å²) in [4.78, 5) is 25.5. The minimum absolute atomic E-state index is 0.0801. The van der Waals surface area contributed by atoms with Crippen LogP contribution in [0.5, 0.6) is 0 Å². The van der Waals surface area contributed by atoms with Gasteiger partial charge in [0.1, 0.15) is 11.3 Å². The average Bonchev–Trinajstić information content (AvgIpc) is 3.24.